The summed E-state index contributed by atoms with van der Waals surface area (Å²) in [6.45, 7) is 7.91. The van der Waals surface area contributed by atoms with Crippen LogP contribution in [0.4, 0.5) is 4.79 Å². The Morgan fingerprint density at radius 3 is 2.39 bits per heavy atom. The molecular weight excluding hydrogens is 290 g/mol. The molecule has 2 unspecified atom stereocenters. The quantitative estimate of drug-likeness (QED) is 0.734. The average molecular weight is 321 g/mol. The molecule has 0 spiro atoms. The first-order valence-electron chi connectivity index (χ1n) is 8.40. The second kappa shape index (κ2) is 10.1. The SMILES string of the molecule is CCC(NC(=O)NCCN(C)C(C)CC)c1ccc(OC)cc1. The van der Waals surface area contributed by atoms with Crippen molar-refractivity contribution in [2.24, 2.45) is 0 Å². The summed E-state index contributed by atoms with van der Waals surface area (Å²) in [5.74, 6) is 0.820. The number of nitrogens with zero attached hydrogens (tertiary/aromatic N) is 1. The minimum Gasteiger partial charge on any atom is -0.497 e. The summed E-state index contributed by atoms with van der Waals surface area (Å²) >= 11 is 0. The molecule has 0 aliphatic heterocycles. The molecular formula is C18H31N3O2. The third-order valence-electron chi connectivity index (χ3n) is 4.33. The van der Waals surface area contributed by atoms with Crippen LogP contribution in [-0.2, 0) is 0 Å². The van der Waals surface area contributed by atoms with Gasteiger partial charge in [-0.2, -0.15) is 0 Å². The van der Waals surface area contributed by atoms with Crippen LogP contribution in [0.5, 0.6) is 5.75 Å². The molecule has 0 saturated carbocycles. The molecule has 1 aromatic rings. The number of carbonyl (C=O) groups is 1. The van der Waals surface area contributed by atoms with Gasteiger partial charge in [0.15, 0.2) is 0 Å². The number of hydrogen-bond donors (Lipinski definition) is 2. The van der Waals surface area contributed by atoms with Crippen molar-refractivity contribution >= 4 is 6.03 Å². The lowest BCUT2D eigenvalue weighted by Gasteiger charge is -2.24. The number of benzene rings is 1. The van der Waals surface area contributed by atoms with Crippen molar-refractivity contribution < 1.29 is 9.53 Å². The van der Waals surface area contributed by atoms with Crippen molar-refractivity contribution in [3.63, 3.8) is 0 Å². The molecule has 2 N–H and O–H groups in total. The highest BCUT2D eigenvalue weighted by molar-refractivity contribution is 5.74. The van der Waals surface area contributed by atoms with E-state index >= 15 is 0 Å². The van der Waals surface area contributed by atoms with E-state index in [0.717, 1.165) is 30.7 Å². The van der Waals surface area contributed by atoms with Gasteiger partial charge in [-0.25, -0.2) is 4.79 Å². The van der Waals surface area contributed by atoms with Gasteiger partial charge in [0.05, 0.1) is 13.2 Å². The van der Waals surface area contributed by atoms with E-state index in [1.165, 1.54) is 0 Å². The molecule has 2 atom stereocenters. The number of carbonyl (C=O) groups excluding carboxylic acids is 1. The van der Waals surface area contributed by atoms with Crippen molar-refractivity contribution in [2.75, 3.05) is 27.2 Å². The van der Waals surface area contributed by atoms with E-state index in [1.54, 1.807) is 7.11 Å². The third-order valence-corrected chi connectivity index (χ3v) is 4.33. The van der Waals surface area contributed by atoms with E-state index in [0.29, 0.717) is 12.6 Å². The number of urea groups is 1. The summed E-state index contributed by atoms with van der Waals surface area (Å²) in [5.41, 5.74) is 1.08. The number of amides is 2. The molecule has 0 radical (unpaired) electrons. The van der Waals surface area contributed by atoms with Gasteiger partial charge in [0.25, 0.3) is 0 Å². The summed E-state index contributed by atoms with van der Waals surface area (Å²) in [5, 5.41) is 5.96. The first-order valence-corrected chi connectivity index (χ1v) is 8.40. The Hall–Kier alpha value is -1.75. The zero-order chi connectivity index (χ0) is 17.2. The van der Waals surface area contributed by atoms with Crippen LogP contribution in [-0.4, -0.2) is 44.2 Å². The van der Waals surface area contributed by atoms with Gasteiger partial charge in [0, 0.05) is 19.1 Å². The third kappa shape index (κ3) is 6.48. The van der Waals surface area contributed by atoms with Gasteiger partial charge in [-0.15, -0.1) is 0 Å². The molecule has 0 saturated heterocycles. The van der Waals surface area contributed by atoms with Crippen LogP contribution in [0, 0.1) is 0 Å². The molecule has 0 heterocycles. The largest absolute Gasteiger partial charge is 0.497 e. The topological polar surface area (TPSA) is 53.6 Å². The molecule has 1 rings (SSSR count). The number of hydrogen-bond acceptors (Lipinski definition) is 3. The first-order chi connectivity index (χ1) is 11.0. The van der Waals surface area contributed by atoms with Crippen LogP contribution < -0.4 is 15.4 Å². The van der Waals surface area contributed by atoms with Crippen molar-refractivity contribution in [1.29, 1.82) is 0 Å². The van der Waals surface area contributed by atoms with E-state index in [1.807, 2.05) is 24.3 Å². The maximum Gasteiger partial charge on any atom is 0.315 e. The Kier molecular flexibility index (Phi) is 8.48. The molecule has 130 valence electrons. The second-order valence-electron chi connectivity index (χ2n) is 5.87. The predicted octanol–water partition coefficient (Wildman–Crippen LogP) is 3.18. The maximum absolute atomic E-state index is 12.1. The highest BCUT2D eigenvalue weighted by Crippen LogP contribution is 2.19. The lowest BCUT2D eigenvalue weighted by atomic mass is 10.0. The monoisotopic (exact) mass is 321 g/mol. The Balaban J connectivity index is 2.44. The Labute approximate surface area is 140 Å². The molecule has 2 amide bonds. The highest BCUT2D eigenvalue weighted by atomic mass is 16.5. The number of rotatable bonds is 9. The Morgan fingerprint density at radius 2 is 1.87 bits per heavy atom. The minimum absolute atomic E-state index is 0.00759. The van der Waals surface area contributed by atoms with E-state index in [-0.39, 0.29) is 12.1 Å². The minimum atomic E-state index is -0.120. The maximum atomic E-state index is 12.1. The zero-order valence-corrected chi connectivity index (χ0v) is 15.1. The van der Waals surface area contributed by atoms with Crippen LogP contribution in [0.15, 0.2) is 24.3 Å². The number of ether oxygens (including phenoxy) is 1. The summed E-state index contributed by atoms with van der Waals surface area (Å²) in [6, 6.07) is 8.23. The van der Waals surface area contributed by atoms with E-state index < -0.39 is 0 Å². The first kappa shape index (κ1) is 19.3. The standard InChI is InChI=1S/C18H31N3O2/c1-6-14(3)21(4)13-12-19-18(22)20-17(7-2)15-8-10-16(23-5)11-9-15/h8-11,14,17H,6-7,12-13H2,1-5H3,(H2,19,20,22). The molecule has 0 fully saturated rings. The zero-order valence-electron chi connectivity index (χ0n) is 15.1. The Morgan fingerprint density at radius 1 is 1.22 bits per heavy atom. The summed E-state index contributed by atoms with van der Waals surface area (Å²) in [7, 11) is 3.73. The number of methoxy groups -OCH3 is 1. The fourth-order valence-electron chi connectivity index (χ4n) is 2.34. The van der Waals surface area contributed by atoms with Gasteiger partial charge >= 0.3 is 6.03 Å². The van der Waals surface area contributed by atoms with Gasteiger partial charge in [0.1, 0.15) is 5.75 Å². The van der Waals surface area contributed by atoms with Crippen molar-refractivity contribution in [3.05, 3.63) is 29.8 Å². The summed E-state index contributed by atoms with van der Waals surface area (Å²) < 4.78 is 5.16. The molecule has 0 aromatic heterocycles. The smallest absolute Gasteiger partial charge is 0.315 e. The van der Waals surface area contributed by atoms with Crippen LogP contribution in [0.2, 0.25) is 0 Å². The molecule has 1 aromatic carbocycles. The molecule has 0 aliphatic carbocycles. The molecule has 23 heavy (non-hydrogen) atoms. The molecule has 0 bridgehead atoms. The summed E-state index contributed by atoms with van der Waals surface area (Å²) in [4.78, 5) is 14.3. The van der Waals surface area contributed by atoms with E-state index in [9.17, 15) is 4.79 Å². The number of nitrogens with one attached hydrogen (secondary N) is 2. The predicted molar refractivity (Wildman–Crippen MR) is 94.9 cm³/mol. The van der Waals surface area contributed by atoms with Crippen LogP contribution in [0.25, 0.3) is 0 Å². The number of likely N-dealkylation sites (N-methyl/N-ethyl adjacent to an activating group) is 1. The van der Waals surface area contributed by atoms with Gasteiger partial charge < -0.3 is 20.3 Å². The van der Waals surface area contributed by atoms with Gasteiger partial charge in [-0.05, 0) is 44.5 Å². The van der Waals surface area contributed by atoms with Crippen LogP contribution >= 0.6 is 0 Å². The van der Waals surface area contributed by atoms with E-state index in [2.05, 4.69) is 43.4 Å². The molecule has 5 heteroatoms. The van der Waals surface area contributed by atoms with Crippen LogP contribution in [0.1, 0.15) is 45.2 Å². The van der Waals surface area contributed by atoms with E-state index in [4.69, 9.17) is 4.74 Å². The van der Waals surface area contributed by atoms with Crippen molar-refractivity contribution in [1.82, 2.24) is 15.5 Å². The fourth-order valence-corrected chi connectivity index (χ4v) is 2.34. The highest BCUT2D eigenvalue weighted by Gasteiger charge is 2.13. The van der Waals surface area contributed by atoms with Crippen LogP contribution in [0.3, 0.4) is 0 Å². The van der Waals surface area contributed by atoms with Gasteiger partial charge in [-0.3, -0.25) is 0 Å². The van der Waals surface area contributed by atoms with Gasteiger partial charge in [0.2, 0.25) is 0 Å². The lowest BCUT2D eigenvalue weighted by molar-refractivity contribution is 0.227. The van der Waals surface area contributed by atoms with Gasteiger partial charge in [-0.1, -0.05) is 26.0 Å². The summed E-state index contributed by atoms with van der Waals surface area (Å²) in [6.07, 6.45) is 1.95. The lowest BCUT2D eigenvalue weighted by Crippen LogP contribution is -2.42. The van der Waals surface area contributed by atoms with Crippen molar-refractivity contribution in [3.8, 4) is 5.75 Å². The molecule has 0 aliphatic rings. The van der Waals surface area contributed by atoms with Crippen molar-refractivity contribution in [2.45, 2.75) is 45.7 Å². The molecule has 5 nitrogen and oxygen atoms in total. The fraction of sp³-hybridized carbons (Fsp3) is 0.611. The Bertz CT molecular complexity index is 462. The normalized spacial score (nSPS) is 13.5. The second-order valence-corrected chi connectivity index (χ2v) is 5.87. The average Bonchev–Trinajstić information content (AvgIpc) is 2.58.